The van der Waals surface area contributed by atoms with Crippen LogP contribution in [0.4, 0.5) is 5.82 Å². The Labute approximate surface area is 163 Å². The second-order valence-electron chi connectivity index (χ2n) is 6.57. The molecular weight excluding hydrogens is 375 g/mol. The van der Waals surface area contributed by atoms with Crippen LogP contribution >= 0.6 is 35.0 Å². The number of piperidine rings is 1. The highest BCUT2D eigenvalue weighted by Crippen LogP contribution is 2.37. The molecule has 1 aliphatic rings. The number of hydrogen-bond donors (Lipinski definition) is 1. The molecule has 1 N–H and O–H groups in total. The van der Waals surface area contributed by atoms with E-state index in [9.17, 15) is 0 Å². The van der Waals surface area contributed by atoms with Crippen molar-refractivity contribution in [2.45, 2.75) is 42.1 Å². The molecule has 0 aliphatic carbocycles. The minimum absolute atomic E-state index is 0.220. The summed E-state index contributed by atoms with van der Waals surface area (Å²) in [5, 5.41) is 5.38. The van der Waals surface area contributed by atoms with Gasteiger partial charge in [-0.2, -0.15) is 0 Å². The Morgan fingerprint density at radius 1 is 1.24 bits per heavy atom. The maximum atomic E-state index is 6.27. The molecule has 134 valence electrons. The first-order valence-corrected chi connectivity index (χ1v) is 9.88. The number of hydrogen-bond acceptors (Lipinski definition) is 5. The summed E-state index contributed by atoms with van der Waals surface area (Å²) in [5.74, 6) is 0.942. The molecule has 1 saturated heterocycles. The van der Waals surface area contributed by atoms with Crippen LogP contribution in [0.2, 0.25) is 10.0 Å². The Balaban J connectivity index is 1.74. The quantitative estimate of drug-likeness (QED) is 0.801. The van der Waals surface area contributed by atoms with E-state index in [1.165, 1.54) is 11.8 Å². The zero-order chi connectivity index (χ0) is 18.0. The lowest BCUT2D eigenvalue weighted by molar-refractivity contribution is 0.304. The van der Waals surface area contributed by atoms with Gasteiger partial charge in [-0.15, -0.1) is 0 Å². The van der Waals surface area contributed by atoms with Gasteiger partial charge in [0.2, 0.25) is 0 Å². The normalized spacial score (nSPS) is 16.9. The number of rotatable bonds is 4. The first kappa shape index (κ1) is 18.8. The Kier molecular flexibility index (Phi) is 5.78. The summed E-state index contributed by atoms with van der Waals surface area (Å²) in [6.07, 6.45) is 4.05. The van der Waals surface area contributed by atoms with E-state index in [0.717, 1.165) is 47.4 Å². The first-order chi connectivity index (χ1) is 11.9. The van der Waals surface area contributed by atoms with E-state index in [1.54, 1.807) is 6.07 Å². The lowest BCUT2D eigenvalue weighted by Crippen LogP contribution is -2.50. The summed E-state index contributed by atoms with van der Waals surface area (Å²) >= 11 is 13.9. The number of benzene rings is 1. The molecule has 1 aliphatic heterocycles. The van der Waals surface area contributed by atoms with Gasteiger partial charge < -0.3 is 10.2 Å². The first-order valence-electron chi connectivity index (χ1n) is 8.31. The van der Waals surface area contributed by atoms with Crippen LogP contribution < -0.4 is 10.2 Å². The molecular formula is C18H22Cl2N4S. The van der Waals surface area contributed by atoms with Crippen LogP contribution in [0.25, 0.3) is 0 Å². The molecule has 0 bridgehead atoms. The molecule has 2 aromatic rings. The van der Waals surface area contributed by atoms with E-state index in [4.69, 9.17) is 28.2 Å². The maximum Gasteiger partial charge on any atom is 0.147 e. The third kappa shape index (κ3) is 4.22. The van der Waals surface area contributed by atoms with Crippen LogP contribution in [0.5, 0.6) is 0 Å². The summed E-state index contributed by atoms with van der Waals surface area (Å²) in [4.78, 5) is 12.6. The number of aromatic nitrogens is 2. The van der Waals surface area contributed by atoms with E-state index in [1.807, 2.05) is 32.3 Å². The molecule has 0 spiro atoms. The highest BCUT2D eigenvalue weighted by Gasteiger charge is 2.29. The number of aryl methyl sites for hydroxylation is 1. The van der Waals surface area contributed by atoms with Crippen molar-refractivity contribution in [3.05, 3.63) is 40.1 Å². The molecule has 4 nitrogen and oxygen atoms in total. The van der Waals surface area contributed by atoms with Gasteiger partial charge in [0, 0.05) is 23.5 Å². The average molecular weight is 397 g/mol. The largest absolute Gasteiger partial charge is 0.355 e. The topological polar surface area (TPSA) is 41.0 Å². The molecule has 0 atom stereocenters. The van der Waals surface area contributed by atoms with Crippen molar-refractivity contribution in [1.29, 1.82) is 0 Å². The van der Waals surface area contributed by atoms with Crippen molar-refractivity contribution in [3.63, 3.8) is 0 Å². The van der Waals surface area contributed by atoms with Crippen LogP contribution in [0.3, 0.4) is 0 Å². The highest BCUT2D eigenvalue weighted by atomic mass is 35.5. The fourth-order valence-electron chi connectivity index (χ4n) is 2.86. The SMILES string of the molecule is CNC1(C)CCN(c2cnc(Sc3cccc(Cl)c3Cl)c(C)n2)CC1. The summed E-state index contributed by atoms with van der Waals surface area (Å²) < 4.78 is 0. The molecule has 3 rings (SSSR count). The monoisotopic (exact) mass is 396 g/mol. The molecule has 1 fully saturated rings. The zero-order valence-electron chi connectivity index (χ0n) is 14.6. The molecule has 25 heavy (non-hydrogen) atoms. The van der Waals surface area contributed by atoms with Crippen molar-refractivity contribution < 1.29 is 0 Å². The zero-order valence-corrected chi connectivity index (χ0v) is 17.0. The van der Waals surface area contributed by atoms with Gasteiger partial charge in [-0.3, -0.25) is 0 Å². The lowest BCUT2D eigenvalue weighted by atomic mass is 9.90. The Morgan fingerprint density at radius 2 is 1.96 bits per heavy atom. The average Bonchev–Trinajstić information content (AvgIpc) is 2.61. The van der Waals surface area contributed by atoms with Gasteiger partial charge in [0.1, 0.15) is 10.8 Å². The van der Waals surface area contributed by atoms with Gasteiger partial charge in [-0.25, -0.2) is 9.97 Å². The molecule has 2 heterocycles. The summed E-state index contributed by atoms with van der Waals surface area (Å²) in [5.41, 5.74) is 1.12. The minimum Gasteiger partial charge on any atom is -0.355 e. The van der Waals surface area contributed by atoms with Crippen LogP contribution in [-0.2, 0) is 0 Å². The fourth-order valence-corrected chi connectivity index (χ4v) is 4.18. The second kappa shape index (κ2) is 7.70. The summed E-state index contributed by atoms with van der Waals surface area (Å²) in [6.45, 7) is 6.23. The van der Waals surface area contributed by atoms with Gasteiger partial charge in [-0.05, 0) is 45.9 Å². The van der Waals surface area contributed by atoms with E-state index >= 15 is 0 Å². The molecule has 0 unspecified atom stereocenters. The third-order valence-corrected chi connectivity index (χ3v) is 6.89. The standard InChI is InChI=1S/C18H22Cl2N4S/c1-12-17(25-14-6-4-5-13(19)16(14)20)22-11-15(23-12)24-9-7-18(2,21-3)8-10-24/h4-6,11,21H,7-10H2,1-3H3. The third-order valence-electron chi connectivity index (χ3n) is 4.81. The Morgan fingerprint density at radius 3 is 2.60 bits per heavy atom. The molecule has 1 aromatic carbocycles. The van der Waals surface area contributed by atoms with E-state index in [-0.39, 0.29) is 5.54 Å². The fraction of sp³-hybridized carbons (Fsp3) is 0.444. The van der Waals surface area contributed by atoms with Crippen LogP contribution in [0.15, 0.2) is 34.3 Å². The van der Waals surface area contributed by atoms with Crippen molar-refractivity contribution >= 4 is 40.8 Å². The smallest absolute Gasteiger partial charge is 0.147 e. The van der Waals surface area contributed by atoms with Crippen molar-refractivity contribution in [3.8, 4) is 0 Å². The van der Waals surface area contributed by atoms with Gasteiger partial charge in [-0.1, -0.05) is 41.0 Å². The Hall–Kier alpha value is -1.01. The second-order valence-corrected chi connectivity index (χ2v) is 8.39. The van der Waals surface area contributed by atoms with Gasteiger partial charge in [0.05, 0.1) is 21.9 Å². The number of anilines is 1. The molecule has 0 saturated carbocycles. The van der Waals surface area contributed by atoms with Gasteiger partial charge >= 0.3 is 0 Å². The molecule has 1 aromatic heterocycles. The number of nitrogens with one attached hydrogen (secondary N) is 1. The van der Waals surface area contributed by atoms with Crippen LogP contribution in [0, 0.1) is 6.92 Å². The van der Waals surface area contributed by atoms with E-state index in [2.05, 4.69) is 22.1 Å². The van der Waals surface area contributed by atoms with Gasteiger partial charge in [0.15, 0.2) is 0 Å². The van der Waals surface area contributed by atoms with E-state index < -0.39 is 0 Å². The van der Waals surface area contributed by atoms with E-state index in [0.29, 0.717) is 10.0 Å². The predicted octanol–water partition coefficient (Wildman–Crippen LogP) is 4.82. The van der Waals surface area contributed by atoms with Crippen molar-refractivity contribution in [1.82, 2.24) is 15.3 Å². The summed E-state index contributed by atoms with van der Waals surface area (Å²) in [6, 6.07) is 5.61. The summed E-state index contributed by atoms with van der Waals surface area (Å²) in [7, 11) is 2.03. The van der Waals surface area contributed by atoms with Crippen molar-refractivity contribution in [2.24, 2.45) is 0 Å². The predicted molar refractivity (Wildman–Crippen MR) is 106 cm³/mol. The van der Waals surface area contributed by atoms with Crippen LogP contribution in [-0.4, -0.2) is 35.6 Å². The lowest BCUT2D eigenvalue weighted by Gasteiger charge is -2.39. The number of halogens is 2. The molecule has 0 amide bonds. The van der Waals surface area contributed by atoms with Gasteiger partial charge in [0.25, 0.3) is 0 Å². The maximum absolute atomic E-state index is 6.27. The van der Waals surface area contributed by atoms with Crippen molar-refractivity contribution in [2.75, 3.05) is 25.0 Å². The molecule has 0 radical (unpaired) electrons. The van der Waals surface area contributed by atoms with Crippen LogP contribution in [0.1, 0.15) is 25.5 Å². The Bertz CT molecular complexity index is 761. The minimum atomic E-state index is 0.220. The highest BCUT2D eigenvalue weighted by molar-refractivity contribution is 7.99. The molecule has 7 heteroatoms. The number of nitrogens with zero attached hydrogens (tertiary/aromatic N) is 3.